The molecule has 0 aliphatic rings. The van der Waals surface area contributed by atoms with Crippen molar-refractivity contribution in [2.75, 3.05) is 11.9 Å². The number of benzene rings is 1. The molecule has 1 N–H and O–H groups in total. The summed E-state index contributed by atoms with van der Waals surface area (Å²) in [6, 6.07) is 2.83. The Kier molecular flexibility index (Phi) is 3.93. The predicted molar refractivity (Wildman–Crippen MR) is 52.3 cm³/mol. The fourth-order valence-electron chi connectivity index (χ4n) is 1.07. The summed E-state index contributed by atoms with van der Waals surface area (Å²) in [4.78, 5) is 10.7. The average Bonchev–Trinajstić information content (AvgIpc) is 2.21. The summed E-state index contributed by atoms with van der Waals surface area (Å²) in [7, 11) is 0. The topological polar surface area (TPSA) is 38.3 Å². The van der Waals surface area contributed by atoms with E-state index in [9.17, 15) is 22.4 Å². The third-order valence-corrected chi connectivity index (χ3v) is 1.75. The first-order valence-corrected chi connectivity index (χ1v) is 4.65. The van der Waals surface area contributed by atoms with Crippen LogP contribution in [0.1, 0.15) is 6.92 Å². The van der Waals surface area contributed by atoms with Crippen molar-refractivity contribution < 1.29 is 27.1 Å². The molecule has 0 saturated heterocycles. The monoisotopic (exact) mass is 251 g/mol. The second-order valence-electron chi connectivity index (χ2n) is 3.03. The lowest BCUT2D eigenvalue weighted by Gasteiger charge is -2.12. The number of nitrogens with one attached hydrogen (secondary N) is 1. The minimum atomic E-state index is -5.00. The van der Waals surface area contributed by atoms with Gasteiger partial charge in [-0.05, 0) is 19.1 Å². The Morgan fingerprint density at radius 1 is 1.41 bits per heavy atom. The lowest BCUT2D eigenvalue weighted by Crippen LogP contribution is -2.30. The zero-order valence-corrected chi connectivity index (χ0v) is 8.77. The van der Waals surface area contributed by atoms with Gasteiger partial charge < -0.3 is 10.1 Å². The fraction of sp³-hybridized carbons (Fsp3) is 0.300. The van der Waals surface area contributed by atoms with E-state index in [0.29, 0.717) is 0 Å². The number of carbonyl (C=O) groups is 1. The van der Waals surface area contributed by atoms with Gasteiger partial charge in [-0.1, -0.05) is 0 Å². The SMILES string of the molecule is CCOc1cc(F)ccc1NC(=O)C(F)(F)F. The molecule has 17 heavy (non-hydrogen) atoms. The van der Waals surface area contributed by atoms with Gasteiger partial charge in [0.2, 0.25) is 0 Å². The zero-order chi connectivity index (χ0) is 13.1. The first kappa shape index (κ1) is 13.3. The third-order valence-electron chi connectivity index (χ3n) is 1.75. The number of anilines is 1. The highest BCUT2D eigenvalue weighted by Crippen LogP contribution is 2.27. The second kappa shape index (κ2) is 5.03. The fourth-order valence-corrected chi connectivity index (χ4v) is 1.07. The van der Waals surface area contributed by atoms with Gasteiger partial charge in [0.05, 0.1) is 12.3 Å². The van der Waals surface area contributed by atoms with Crippen LogP contribution in [-0.4, -0.2) is 18.7 Å². The number of carbonyl (C=O) groups excluding carboxylic acids is 1. The van der Waals surface area contributed by atoms with E-state index in [2.05, 4.69) is 0 Å². The van der Waals surface area contributed by atoms with Crippen LogP contribution in [0.25, 0.3) is 0 Å². The largest absolute Gasteiger partial charge is 0.492 e. The molecule has 94 valence electrons. The molecule has 0 unspecified atom stereocenters. The van der Waals surface area contributed by atoms with E-state index >= 15 is 0 Å². The minimum absolute atomic E-state index is 0.137. The Bertz CT molecular complexity index is 417. The van der Waals surface area contributed by atoms with Crippen LogP contribution in [-0.2, 0) is 4.79 Å². The molecule has 0 bridgehead atoms. The maximum absolute atomic E-state index is 12.8. The first-order chi connectivity index (χ1) is 7.84. The van der Waals surface area contributed by atoms with Crippen molar-refractivity contribution in [3.63, 3.8) is 0 Å². The highest BCUT2D eigenvalue weighted by molar-refractivity contribution is 5.96. The Morgan fingerprint density at radius 2 is 2.06 bits per heavy atom. The number of rotatable bonds is 3. The van der Waals surface area contributed by atoms with E-state index in [-0.39, 0.29) is 18.0 Å². The van der Waals surface area contributed by atoms with Gasteiger partial charge in [-0.2, -0.15) is 13.2 Å². The molecule has 3 nitrogen and oxygen atoms in total. The Morgan fingerprint density at radius 3 is 2.59 bits per heavy atom. The summed E-state index contributed by atoms with van der Waals surface area (Å²) in [5, 5.41) is 1.61. The van der Waals surface area contributed by atoms with Crippen molar-refractivity contribution in [1.82, 2.24) is 0 Å². The van der Waals surface area contributed by atoms with Gasteiger partial charge >= 0.3 is 12.1 Å². The van der Waals surface area contributed by atoms with Crippen LogP contribution in [0.2, 0.25) is 0 Å². The summed E-state index contributed by atoms with van der Waals surface area (Å²) in [5.41, 5.74) is -0.226. The van der Waals surface area contributed by atoms with Gasteiger partial charge in [0.25, 0.3) is 0 Å². The van der Waals surface area contributed by atoms with Crippen molar-refractivity contribution >= 4 is 11.6 Å². The van der Waals surface area contributed by atoms with Crippen molar-refractivity contribution in [2.45, 2.75) is 13.1 Å². The molecule has 1 rings (SSSR count). The minimum Gasteiger partial charge on any atom is -0.492 e. The molecule has 0 heterocycles. The van der Waals surface area contributed by atoms with Crippen LogP contribution in [0.4, 0.5) is 23.2 Å². The van der Waals surface area contributed by atoms with Crippen molar-refractivity contribution in [3.05, 3.63) is 24.0 Å². The van der Waals surface area contributed by atoms with Crippen LogP contribution in [0.5, 0.6) is 5.75 Å². The predicted octanol–water partition coefficient (Wildman–Crippen LogP) is 2.73. The number of amides is 1. The maximum atomic E-state index is 12.8. The Hall–Kier alpha value is -1.79. The lowest BCUT2D eigenvalue weighted by molar-refractivity contribution is -0.167. The molecule has 0 spiro atoms. The third kappa shape index (κ3) is 3.61. The molecule has 0 aliphatic carbocycles. The lowest BCUT2D eigenvalue weighted by atomic mass is 10.2. The normalized spacial score (nSPS) is 11.1. The van der Waals surface area contributed by atoms with E-state index < -0.39 is 17.9 Å². The quantitative estimate of drug-likeness (QED) is 0.839. The van der Waals surface area contributed by atoms with Crippen LogP contribution in [0, 0.1) is 5.82 Å². The second-order valence-corrected chi connectivity index (χ2v) is 3.03. The molecule has 7 heteroatoms. The van der Waals surface area contributed by atoms with E-state index in [0.717, 1.165) is 18.2 Å². The molecule has 1 aromatic carbocycles. The average molecular weight is 251 g/mol. The summed E-state index contributed by atoms with van der Waals surface area (Å²) >= 11 is 0. The molecular formula is C10H9F4NO2. The van der Waals surface area contributed by atoms with Crippen molar-refractivity contribution in [2.24, 2.45) is 0 Å². The Balaban J connectivity index is 2.94. The molecule has 0 atom stereocenters. The molecule has 1 amide bonds. The number of hydrogen-bond acceptors (Lipinski definition) is 2. The zero-order valence-electron chi connectivity index (χ0n) is 8.77. The van der Waals surface area contributed by atoms with Crippen LogP contribution >= 0.6 is 0 Å². The van der Waals surface area contributed by atoms with Gasteiger partial charge in [0.1, 0.15) is 11.6 Å². The molecule has 0 aliphatic heterocycles. The van der Waals surface area contributed by atoms with Crippen LogP contribution in [0.3, 0.4) is 0 Å². The maximum Gasteiger partial charge on any atom is 0.471 e. The van der Waals surface area contributed by atoms with Gasteiger partial charge in [0, 0.05) is 6.07 Å². The van der Waals surface area contributed by atoms with Crippen LogP contribution in [0.15, 0.2) is 18.2 Å². The standard InChI is InChI=1S/C10H9F4NO2/c1-2-17-8-5-6(11)3-4-7(8)15-9(16)10(12,13)14/h3-5H,2H2,1H3,(H,15,16). The first-order valence-electron chi connectivity index (χ1n) is 4.65. The smallest absolute Gasteiger partial charge is 0.471 e. The van der Waals surface area contributed by atoms with Crippen molar-refractivity contribution in [1.29, 1.82) is 0 Å². The molecular weight excluding hydrogens is 242 g/mol. The number of ether oxygens (including phenoxy) is 1. The molecule has 0 radical (unpaired) electrons. The Labute approximate surface area is 94.4 Å². The molecule has 0 fully saturated rings. The summed E-state index contributed by atoms with van der Waals surface area (Å²) in [5.74, 6) is -2.95. The van der Waals surface area contributed by atoms with E-state index in [1.54, 1.807) is 12.2 Å². The van der Waals surface area contributed by atoms with Gasteiger partial charge in [0.15, 0.2) is 0 Å². The number of hydrogen-bond donors (Lipinski definition) is 1. The summed E-state index contributed by atoms with van der Waals surface area (Å²) in [6.07, 6.45) is -5.00. The molecule has 0 aromatic heterocycles. The molecule has 1 aromatic rings. The number of alkyl halides is 3. The van der Waals surface area contributed by atoms with E-state index in [1.807, 2.05) is 0 Å². The van der Waals surface area contributed by atoms with Crippen LogP contribution < -0.4 is 10.1 Å². The van der Waals surface area contributed by atoms with E-state index in [1.165, 1.54) is 0 Å². The highest BCUT2D eigenvalue weighted by atomic mass is 19.4. The number of halogens is 4. The molecule has 0 saturated carbocycles. The van der Waals surface area contributed by atoms with Gasteiger partial charge in [-0.15, -0.1) is 0 Å². The highest BCUT2D eigenvalue weighted by Gasteiger charge is 2.39. The summed E-state index contributed by atoms with van der Waals surface area (Å²) < 4.78 is 53.8. The van der Waals surface area contributed by atoms with E-state index in [4.69, 9.17) is 4.74 Å². The van der Waals surface area contributed by atoms with Crippen molar-refractivity contribution in [3.8, 4) is 5.75 Å². The summed E-state index contributed by atoms with van der Waals surface area (Å²) in [6.45, 7) is 1.72. The van der Waals surface area contributed by atoms with Gasteiger partial charge in [-0.3, -0.25) is 4.79 Å². The van der Waals surface area contributed by atoms with Gasteiger partial charge in [-0.25, -0.2) is 4.39 Å².